The van der Waals surface area contributed by atoms with E-state index >= 15 is 0 Å². The Hall–Kier alpha value is -1.43. The van der Waals surface area contributed by atoms with Crippen LogP contribution in [0.5, 0.6) is 0 Å². The molecule has 6 heteroatoms. The van der Waals surface area contributed by atoms with E-state index in [2.05, 4.69) is 4.98 Å². The molecule has 0 bridgehead atoms. The second-order valence-corrected chi connectivity index (χ2v) is 6.45. The predicted octanol–water partition coefficient (Wildman–Crippen LogP) is 2.17. The molecule has 0 aliphatic carbocycles. The Kier molecular flexibility index (Phi) is 3.62. The first-order valence-electron chi connectivity index (χ1n) is 6.28. The number of hydrogen-bond acceptors (Lipinski definition) is 4. The van der Waals surface area contributed by atoms with Gasteiger partial charge in [-0.15, -0.1) is 11.3 Å². The van der Waals surface area contributed by atoms with Crippen molar-refractivity contribution in [2.75, 3.05) is 6.54 Å². The van der Waals surface area contributed by atoms with Gasteiger partial charge in [0.25, 0.3) is 5.91 Å². The van der Waals surface area contributed by atoms with Crippen molar-refractivity contribution in [3.63, 3.8) is 0 Å². The maximum Gasteiger partial charge on any atom is 0.326 e. The van der Waals surface area contributed by atoms with Gasteiger partial charge in [0.15, 0.2) is 0 Å². The number of piperidine rings is 1. The van der Waals surface area contributed by atoms with E-state index < -0.39 is 17.4 Å². The third-order valence-electron chi connectivity index (χ3n) is 3.71. The van der Waals surface area contributed by atoms with Gasteiger partial charge in [-0.05, 0) is 25.2 Å². The molecule has 1 amide bonds. The number of aryl methyl sites for hydroxylation is 1. The van der Waals surface area contributed by atoms with Crippen LogP contribution in [0.1, 0.15) is 42.1 Å². The molecule has 1 aliphatic heterocycles. The maximum absolute atomic E-state index is 12.5. The van der Waals surface area contributed by atoms with Crippen LogP contribution in [0.25, 0.3) is 0 Å². The van der Waals surface area contributed by atoms with Gasteiger partial charge in [-0.3, -0.25) is 4.79 Å². The molecule has 0 saturated carbocycles. The Morgan fingerprint density at radius 3 is 2.74 bits per heavy atom. The number of nitrogens with zero attached hydrogens (tertiary/aromatic N) is 2. The van der Waals surface area contributed by atoms with Crippen LogP contribution in [0.2, 0.25) is 0 Å². The molecule has 2 rings (SSSR count). The van der Waals surface area contributed by atoms with Gasteiger partial charge < -0.3 is 10.0 Å². The van der Waals surface area contributed by atoms with Crippen LogP contribution in [0.15, 0.2) is 5.51 Å². The van der Waals surface area contributed by atoms with Crippen molar-refractivity contribution in [2.45, 2.75) is 39.7 Å². The van der Waals surface area contributed by atoms with Crippen molar-refractivity contribution >= 4 is 23.2 Å². The number of carbonyl (C=O) groups is 2. The summed E-state index contributed by atoms with van der Waals surface area (Å²) in [7, 11) is 0. The average molecular weight is 282 g/mol. The van der Waals surface area contributed by atoms with Gasteiger partial charge in [-0.2, -0.15) is 0 Å². The summed E-state index contributed by atoms with van der Waals surface area (Å²) in [4.78, 5) is 30.2. The standard InChI is InChI=1S/C13H18N2O3S/c1-8-9(19-7-14-8)11(16)15-6-4-5-13(2,3)10(15)12(17)18/h7,10H,4-6H2,1-3H3,(H,17,18). The number of likely N-dealkylation sites (tertiary alicyclic amines) is 1. The van der Waals surface area contributed by atoms with Gasteiger partial charge in [0.1, 0.15) is 10.9 Å². The lowest BCUT2D eigenvalue weighted by atomic mass is 9.76. The quantitative estimate of drug-likeness (QED) is 0.902. The second kappa shape index (κ2) is 4.92. The summed E-state index contributed by atoms with van der Waals surface area (Å²) in [6.45, 7) is 6.08. The van der Waals surface area contributed by atoms with E-state index in [1.54, 1.807) is 12.4 Å². The highest BCUT2D eigenvalue weighted by Gasteiger charge is 2.45. The smallest absolute Gasteiger partial charge is 0.326 e. The largest absolute Gasteiger partial charge is 0.480 e. The van der Waals surface area contributed by atoms with Crippen molar-refractivity contribution in [3.05, 3.63) is 16.1 Å². The summed E-state index contributed by atoms with van der Waals surface area (Å²) in [5.41, 5.74) is 1.88. The molecular weight excluding hydrogens is 264 g/mol. The minimum absolute atomic E-state index is 0.208. The molecule has 2 heterocycles. The summed E-state index contributed by atoms with van der Waals surface area (Å²) < 4.78 is 0. The molecule has 1 aromatic rings. The van der Waals surface area contributed by atoms with Crippen LogP contribution < -0.4 is 0 Å². The topological polar surface area (TPSA) is 70.5 Å². The Morgan fingerprint density at radius 2 is 2.21 bits per heavy atom. The van der Waals surface area contributed by atoms with Gasteiger partial charge in [0.2, 0.25) is 0 Å². The molecule has 1 atom stereocenters. The molecule has 0 radical (unpaired) electrons. The van der Waals surface area contributed by atoms with Crippen LogP contribution in [-0.2, 0) is 4.79 Å². The highest BCUT2D eigenvalue weighted by Crippen LogP contribution is 2.36. The summed E-state index contributed by atoms with van der Waals surface area (Å²) >= 11 is 1.27. The van der Waals surface area contributed by atoms with Gasteiger partial charge in [0, 0.05) is 6.54 Å². The van der Waals surface area contributed by atoms with E-state index in [9.17, 15) is 14.7 Å². The number of amides is 1. The molecule has 19 heavy (non-hydrogen) atoms. The van der Waals surface area contributed by atoms with Crippen LogP contribution in [-0.4, -0.2) is 39.5 Å². The molecule has 1 saturated heterocycles. The van der Waals surface area contributed by atoms with Crippen LogP contribution in [0, 0.1) is 12.3 Å². The molecule has 0 aromatic carbocycles. The molecule has 1 fully saturated rings. The van der Waals surface area contributed by atoms with Gasteiger partial charge in [-0.25, -0.2) is 9.78 Å². The van der Waals surface area contributed by atoms with Crippen molar-refractivity contribution in [3.8, 4) is 0 Å². The molecule has 1 unspecified atom stereocenters. The lowest BCUT2D eigenvalue weighted by Crippen LogP contribution is -2.56. The molecular formula is C13H18N2O3S. The molecule has 1 aromatic heterocycles. The Balaban J connectivity index is 2.34. The first-order chi connectivity index (χ1) is 8.84. The maximum atomic E-state index is 12.5. The zero-order chi connectivity index (χ0) is 14.2. The number of carboxylic acids is 1. The Bertz CT molecular complexity index is 510. The number of carboxylic acid groups (broad SMARTS) is 1. The number of hydrogen-bond donors (Lipinski definition) is 1. The van der Waals surface area contributed by atoms with Crippen LogP contribution >= 0.6 is 11.3 Å². The van der Waals surface area contributed by atoms with Crippen molar-refractivity contribution < 1.29 is 14.7 Å². The minimum Gasteiger partial charge on any atom is -0.480 e. The normalized spacial score (nSPS) is 22.3. The van der Waals surface area contributed by atoms with Gasteiger partial charge in [-0.1, -0.05) is 13.8 Å². The third kappa shape index (κ3) is 2.49. The fourth-order valence-corrected chi connectivity index (χ4v) is 3.47. The second-order valence-electron chi connectivity index (χ2n) is 5.60. The van der Waals surface area contributed by atoms with Gasteiger partial charge >= 0.3 is 5.97 Å². The monoisotopic (exact) mass is 282 g/mol. The number of thiazole rings is 1. The van der Waals surface area contributed by atoms with Crippen LogP contribution in [0.3, 0.4) is 0 Å². The number of aromatic nitrogens is 1. The first-order valence-corrected chi connectivity index (χ1v) is 7.16. The number of carbonyl (C=O) groups excluding carboxylic acids is 1. The van der Waals surface area contributed by atoms with E-state index in [1.165, 1.54) is 16.2 Å². The van der Waals surface area contributed by atoms with Crippen molar-refractivity contribution in [1.82, 2.24) is 9.88 Å². The summed E-state index contributed by atoms with van der Waals surface area (Å²) in [5.74, 6) is -1.14. The molecule has 1 N–H and O–H groups in total. The summed E-state index contributed by atoms with van der Waals surface area (Å²) in [6.07, 6.45) is 1.65. The van der Waals surface area contributed by atoms with E-state index in [1.807, 2.05) is 13.8 Å². The fourth-order valence-electron chi connectivity index (χ4n) is 2.72. The highest BCUT2D eigenvalue weighted by atomic mass is 32.1. The van der Waals surface area contributed by atoms with E-state index in [0.29, 0.717) is 17.1 Å². The number of aliphatic carboxylic acids is 1. The lowest BCUT2D eigenvalue weighted by molar-refractivity contribution is -0.148. The van der Waals surface area contributed by atoms with Crippen LogP contribution in [0.4, 0.5) is 0 Å². The van der Waals surface area contributed by atoms with Crippen molar-refractivity contribution in [2.24, 2.45) is 5.41 Å². The molecule has 5 nitrogen and oxygen atoms in total. The number of rotatable bonds is 2. The molecule has 0 spiro atoms. The average Bonchev–Trinajstić information content (AvgIpc) is 2.72. The highest BCUT2D eigenvalue weighted by molar-refractivity contribution is 7.11. The fraction of sp³-hybridized carbons (Fsp3) is 0.615. The predicted molar refractivity (Wildman–Crippen MR) is 72.3 cm³/mol. The third-order valence-corrected chi connectivity index (χ3v) is 4.62. The molecule has 104 valence electrons. The van der Waals surface area contributed by atoms with E-state index in [-0.39, 0.29) is 5.91 Å². The van der Waals surface area contributed by atoms with E-state index in [0.717, 1.165) is 12.8 Å². The zero-order valence-electron chi connectivity index (χ0n) is 11.3. The van der Waals surface area contributed by atoms with E-state index in [4.69, 9.17) is 0 Å². The summed E-state index contributed by atoms with van der Waals surface area (Å²) in [6, 6.07) is -0.768. The van der Waals surface area contributed by atoms with Gasteiger partial charge in [0.05, 0.1) is 11.2 Å². The minimum atomic E-state index is -0.930. The molecule has 1 aliphatic rings. The zero-order valence-corrected chi connectivity index (χ0v) is 12.2. The first kappa shape index (κ1) is 14.0. The van der Waals surface area contributed by atoms with Crippen molar-refractivity contribution in [1.29, 1.82) is 0 Å². The Morgan fingerprint density at radius 1 is 1.53 bits per heavy atom. The SMILES string of the molecule is Cc1ncsc1C(=O)N1CCCC(C)(C)C1C(=O)O. The Labute approximate surface area is 116 Å². The summed E-state index contributed by atoms with van der Waals surface area (Å²) in [5, 5.41) is 9.45. The lowest BCUT2D eigenvalue weighted by Gasteiger charge is -2.43.